The van der Waals surface area contributed by atoms with Gasteiger partial charge in [0, 0.05) is 29.5 Å². The molecule has 6 rings (SSSR count). The van der Waals surface area contributed by atoms with Crippen molar-refractivity contribution in [1.29, 1.82) is 0 Å². The number of halogens is 1. The lowest BCUT2D eigenvalue weighted by Gasteiger charge is -2.67. The number of carbonyl (C=O) groups excluding carboxylic acids is 4. The molecule has 0 heterocycles. The van der Waals surface area contributed by atoms with Gasteiger partial charge in [-0.1, -0.05) is 0 Å². The number of rotatable bonds is 6. The molecule has 0 spiro atoms. The summed E-state index contributed by atoms with van der Waals surface area (Å²) in [5.41, 5.74) is 4.36. The summed E-state index contributed by atoms with van der Waals surface area (Å²) >= 11 is 5.38. The Bertz CT molecular complexity index is 532. The van der Waals surface area contributed by atoms with Crippen molar-refractivity contribution < 1.29 is 23.9 Å². The third-order valence-electron chi connectivity index (χ3n) is 6.90. The van der Waals surface area contributed by atoms with E-state index >= 15 is 0 Å². The van der Waals surface area contributed by atoms with E-state index < -0.39 is 0 Å². The van der Waals surface area contributed by atoms with Crippen molar-refractivity contribution in [3.8, 4) is 0 Å². The zero-order valence-electron chi connectivity index (χ0n) is 17.4. The molecule has 0 saturated heterocycles. The molecule has 160 valence electrons. The first kappa shape index (κ1) is 24.7. The fraction of sp³-hybridized carbons (Fsp3) is 0.800. The molecule has 6 aliphatic carbocycles. The van der Waals surface area contributed by atoms with Gasteiger partial charge >= 0.3 is 0 Å². The van der Waals surface area contributed by atoms with E-state index in [0.717, 1.165) is 13.2 Å². The number of ketones is 2. The van der Waals surface area contributed by atoms with Crippen LogP contribution in [-0.2, 0) is 23.9 Å². The second-order valence-electron chi connectivity index (χ2n) is 8.71. The summed E-state index contributed by atoms with van der Waals surface area (Å²) in [6.07, 6.45) is 4.26. The molecule has 28 heavy (non-hydrogen) atoms. The van der Waals surface area contributed by atoms with Crippen molar-refractivity contribution in [2.75, 3.05) is 13.2 Å². The number of carbonyl (C=O) groups is 4. The number of hydrogen-bond donors (Lipinski definition) is 2. The monoisotopic (exact) mass is 416 g/mol. The second kappa shape index (κ2) is 8.20. The van der Waals surface area contributed by atoms with E-state index in [1.807, 2.05) is 13.8 Å². The Balaban J connectivity index is 0.000000222. The molecule has 5 N–H and O–H groups in total. The van der Waals surface area contributed by atoms with Gasteiger partial charge in [-0.3, -0.25) is 19.2 Å². The van der Waals surface area contributed by atoms with Crippen LogP contribution in [0.25, 0.3) is 0 Å². The fourth-order valence-electron chi connectivity index (χ4n) is 5.00. The molecule has 0 aromatic heterocycles. The Morgan fingerprint density at radius 3 is 1.29 bits per heavy atom. The fourth-order valence-corrected chi connectivity index (χ4v) is 5.20. The number of nitrogens with two attached hydrogens (primary N) is 1. The molecule has 4 bridgehead atoms. The Kier molecular flexibility index (Phi) is 7.25. The summed E-state index contributed by atoms with van der Waals surface area (Å²) in [4.78, 5) is 43.6. The number of ether oxygens (including phenoxy) is 1. The molecule has 7 nitrogen and oxygen atoms in total. The summed E-state index contributed by atoms with van der Waals surface area (Å²) in [6.45, 7) is 8.87. The Morgan fingerprint density at radius 2 is 1.11 bits per heavy atom. The molecule has 1 amide bonds. The third kappa shape index (κ3) is 3.76. The van der Waals surface area contributed by atoms with Crippen molar-refractivity contribution in [3.05, 3.63) is 0 Å². The lowest BCUT2D eigenvalue weighted by molar-refractivity contribution is -0.203. The predicted octanol–water partition coefficient (Wildman–Crippen LogP) is 2.95. The molecule has 0 radical (unpaired) electrons. The van der Waals surface area contributed by atoms with Gasteiger partial charge in [-0.25, -0.2) is 0 Å². The van der Waals surface area contributed by atoms with Crippen LogP contribution in [0, 0.1) is 21.7 Å². The first-order valence-electron chi connectivity index (χ1n) is 9.53. The van der Waals surface area contributed by atoms with Gasteiger partial charge in [-0.2, -0.15) is 0 Å². The molecule has 0 unspecified atom stereocenters. The minimum absolute atomic E-state index is 0. The van der Waals surface area contributed by atoms with E-state index in [9.17, 15) is 19.2 Å². The van der Waals surface area contributed by atoms with Gasteiger partial charge in [-0.05, 0) is 77.8 Å². The van der Waals surface area contributed by atoms with E-state index in [1.165, 1.54) is 0 Å². The summed E-state index contributed by atoms with van der Waals surface area (Å²) < 4.78 is 4.83. The predicted molar refractivity (Wildman–Crippen MR) is 106 cm³/mol. The first-order valence-corrected chi connectivity index (χ1v) is 9.91. The highest BCUT2D eigenvalue weighted by molar-refractivity contribution is 6.65. The third-order valence-corrected chi connectivity index (χ3v) is 7.30. The van der Waals surface area contributed by atoms with Crippen LogP contribution in [0.3, 0.4) is 0 Å². The highest BCUT2D eigenvalue weighted by Gasteiger charge is 2.73. The SMILES string of the molecule is CC(=O)C12CC(C(=O)Cl)(C1)C2.CC(=O)C12CC(C(N)=O)(C1)C2.CCOCC.N. The number of Topliss-reactive ketones (excluding diaryl/α,β-unsaturated/α-hetero) is 2. The summed E-state index contributed by atoms with van der Waals surface area (Å²) in [7, 11) is 0. The van der Waals surface area contributed by atoms with Crippen molar-refractivity contribution in [2.24, 2.45) is 27.4 Å². The Labute approximate surface area is 171 Å². The standard InChI is InChI=1S/C8H9ClO2.C8H11NO2.C4H10O.H3N/c2*1-5(10)7-2-8(3-7,4-7)6(9)11;1-3-5-4-2;/h2-4H2,1H3;2-4H2,1H3,(H2,9,11);3-4H2,1-2H3;1H3. The number of primary amides is 1. The van der Waals surface area contributed by atoms with Crippen LogP contribution in [0.15, 0.2) is 0 Å². The topological polar surface area (TPSA) is 139 Å². The van der Waals surface area contributed by atoms with Gasteiger partial charge in [0.1, 0.15) is 11.6 Å². The Morgan fingerprint density at radius 1 is 0.786 bits per heavy atom. The van der Waals surface area contributed by atoms with E-state index in [2.05, 4.69) is 0 Å². The molecule has 6 saturated carbocycles. The van der Waals surface area contributed by atoms with Gasteiger partial charge in [0.25, 0.3) is 0 Å². The molecule has 0 aliphatic heterocycles. The number of hydrogen-bond acceptors (Lipinski definition) is 6. The lowest BCUT2D eigenvalue weighted by Crippen LogP contribution is -2.69. The highest BCUT2D eigenvalue weighted by Crippen LogP contribution is 2.74. The largest absolute Gasteiger partial charge is 0.382 e. The maximum absolute atomic E-state index is 11.0. The van der Waals surface area contributed by atoms with Crippen molar-refractivity contribution in [3.63, 3.8) is 0 Å². The maximum Gasteiger partial charge on any atom is 0.227 e. The van der Waals surface area contributed by atoms with Crippen LogP contribution in [-0.4, -0.2) is 35.9 Å². The second-order valence-corrected chi connectivity index (χ2v) is 9.06. The van der Waals surface area contributed by atoms with Gasteiger partial charge in [0.05, 0.1) is 5.41 Å². The number of amides is 1. The zero-order chi connectivity index (χ0) is 20.7. The molecule has 6 fully saturated rings. The first-order chi connectivity index (χ1) is 12.4. The van der Waals surface area contributed by atoms with E-state index in [1.54, 1.807) is 13.8 Å². The van der Waals surface area contributed by atoms with Crippen molar-refractivity contribution >= 4 is 34.3 Å². The van der Waals surface area contributed by atoms with E-state index in [4.69, 9.17) is 22.1 Å². The van der Waals surface area contributed by atoms with Gasteiger partial charge in [-0.15, -0.1) is 0 Å². The molecule has 8 heteroatoms. The van der Waals surface area contributed by atoms with Crippen molar-refractivity contribution in [1.82, 2.24) is 6.15 Å². The van der Waals surface area contributed by atoms with E-state index in [0.29, 0.717) is 38.5 Å². The highest BCUT2D eigenvalue weighted by atomic mass is 35.5. The van der Waals surface area contributed by atoms with Crippen LogP contribution in [0.5, 0.6) is 0 Å². The average molecular weight is 417 g/mol. The minimum atomic E-state index is -0.284. The van der Waals surface area contributed by atoms with E-state index in [-0.39, 0.29) is 50.5 Å². The lowest BCUT2D eigenvalue weighted by atomic mass is 9.34. The molecule has 0 aromatic carbocycles. The summed E-state index contributed by atoms with van der Waals surface area (Å²) in [5.74, 6) is 0.221. The molecule has 6 aliphatic rings. The molecular formula is C20H33ClN2O5. The quantitative estimate of drug-likeness (QED) is 0.638. The van der Waals surface area contributed by atoms with Gasteiger partial charge in [0.2, 0.25) is 11.1 Å². The Hall–Kier alpha value is -1.31. The van der Waals surface area contributed by atoms with Crippen LogP contribution in [0.2, 0.25) is 0 Å². The van der Waals surface area contributed by atoms with Gasteiger partial charge in [0.15, 0.2) is 0 Å². The average Bonchev–Trinajstić information content (AvgIpc) is 2.32. The van der Waals surface area contributed by atoms with Crippen LogP contribution in [0.1, 0.15) is 66.2 Å². The zero-order valence-corrected chi connectivity index (χ0v) is 18.1. The summed E-state index contributed by atoms with van der Waals surface area (Å²) in [5, 5.41) is -0.249. The summed E-state index contributed by atoms with van der Waals surface area (Å²) in [6, 6.07) is 0. The van der Waals surface area contributed by atoms with Crippen LogP contribution >= 0.6 is 11.6 Å². The molecule has 0 atom stereocenters. The molecule has 0 aromatic rings. The van der Waals surface area contributed by atoms with Crippen LogP contribution in [0.4, 0.5) is 0 Å². The maximum atomic E-state index is 11.0. The van der Waals surface area contributed by atoms with Gasteiger partial charge < -0.3 is 16.6 Å². The smallest absolute Gasteiger partial charge is 0.227 e. The molecular weight excluding hydrogens is 384 g/mol. The van der Waals surface area contributed by atoms with Crippen LogP contribution < -0.4 is 11.9 Å². The minimum Gasteiger partial charge on any atom is -0.382 e. The normalized spacial score (nSPS) is 37.3. The van der Waals surface area contributed by atoms with Crippen molar-refractivity contribution in [2.45, 2.75) is 66.2 Å².